The second kappa shape index (κ2) is 27.1. The predicted octanol–water partition coefficient (Wildman–Crippen LogP) is 12.9. The van der Waals surface area contributed by atoms with Gasteiger partial charge in [0, 0.05) is 45.3 Å². The molecule has 0 atom stereocenters. The first-order chi connectivity index (χ1) is 35.3. The minimum Gasteiger partial charge on any atom is -0.497 e. The van der Waals surface area contributed by atoms with E-state index in [2.05, 4.69) is 31.9 Å². The van der Waals surface area contributed by atoms with E-state index >= 15 is 0 Å². The van der Waals surface area contributed by atoms with Gasteiger partial charge < -0.3 is 44.4 Å². The number of hydrogen-bond donors (Lipinski definition) is 6. The molecule has 0 saturated heterocycles. The number of hydrogen-bond acceptors (Lipinski definition) is 12. The van der Waals surface area contributed by atoms with Crippen LogP contribution in [0.3, 0.4) is 0 Å². The Morgan fingerprint density at radius 1 is 0.333 bits per heavy atom. The van der Waals surface area contributed by atoms with Crippen molar-refractivity contribution in [3.63, 3.8) is 0 Å². The lowest BCUT2D eigenvalue weighted by molar-refractivity contribution is 0.0624. The molecule has 6 amide bonds. The van der Waals surface area contributed by atoms with E-state index in [0.717, 1.165) is 0 Å². The molecule has 0 fully saturated rings. The first-order valence-electron chi connectivity index (χ1n) is 23.5. The number of nitrogens with one attached hydrogen (secondary N) is 6. The Morgan fingerprint density at radius 2 is 0.680 bits per heavy atom. The minimum absolute atomic E-state index is 0.226. The molecule has 0 unspecified atom stereocenters. The van der Waals surface area contributed by atoms with E-state index in [1.165, 1.54) is 7.11 Å². The summed E-state index contributed by atoms with van der Waals surface area (Å²) >= 11 is 0. The van der Waals surface area contributed by atoms with Gasteiger partial charge in [0.1, 0.15) is 34.1 Å². The summed E-state index contributed by atoms with van der Waals surface area (Å²) in [5, 5.41) is 16.3. The van der Waals surface area contributed by atoms with Gasteiger partial charge in [-0.1, -0.05) is 18.2 Å². The van der Waals surface area contributed by atoms with Crippen LogP contribution in [-0.4, -0.2) is 74.1 Å². The van der Waals surface area contributed by atoms with Gasteiger partial charge in [-0.2, -0.15) is 0 Å². The number of methoxy groups -OCH3 is 3. The van der Waals surface area contributed by atoms with Crippen molar-refractivity contribution < 1.29 is 57.2 Å². The molecule has 6 N–H and O–H groups in total. The van der Waals surface area contributed by atoms with Gasteiger partial charge >= 0.3 is 18.3 Å². The Bertz CT molecular complexity index is 2850. The highest BCUT2D eigenvalue weighted by Gasteiger charge is 2.19. The van der Waals surface area contributed by atoms with E-state index < -0.39 is 35.1 Å². The van der Waals surface area contributed by atoms with Crippen LogP contribution >= 0.6 is 0 Å². The molecule has 0 bridgehead atoms. The van der Waals surface area contributed by atoms with Crippen LogP contribution in [0.15, 0.2) is 146 Å². The van der Waals surface area contributed by atoms with Crippen molar-refractivity contribution >= 4 is 70.1 Å². The molecule has 75 heavy (non-hydrogen) atoms. The highest BCUT2D eigenvalue weighted by molar-refractivity contribution is 6.07. The van der Waals surface area contributed by atoms with Gasteiger partial charge in [0.2, 0.25) is 0 Å². The van der Waals surface area contributed by atoms with Gasteiger partial charge in [0.15, 0.2) is 0 Å². The first-order valence-corrected chi connectivity index (χ1v) is 23.5. The smallest absolute Gasteiger partial charge is 0.412 e. The number of ether oxygens (including phenoxy) is 6. The standard InChI is InChI=1S/3C19H22N2O4/c1-19(2,3)25-18(23)21-15-9-7-14(8-10-15)20-17(22)13-5-11-16(24-4)12-6-13;1-19(2,3)25-18(23)21-15-10-8-14(9-11-15)20-17(22)13-6-5-7-16(12-13)24-4;1-19(2,3)25-18(23)21-14-11-9-13(10-12-14)20-17(22)15-7-5-6-8-16(15)24-4/h3*5-12H,1-4H3,(H,20,22)(H,21,23). The third-order valence-corrected chi connectivity index (χ3v) is 9.40. The average Bonchev–Trinajstić information content (AvgIpc) is 3.34. The first kappa shape index (κ1) is 58.5. The van der Waals surface area contributed by atoms with E-state index in [0.29, 0.717) is 68.1 Å². The van der Waals surface area contributed by atoms with Gasteiger partial charge in [-0.3, -0.25) is 30.3 Å². The lowest BCUT2D eigenvalue weighted by Crippen LogP contribution is -2.27. The van der Waals surface area contributed by atoms with Crippen molar-refractivity contribution in [3.05, 3.63) is 162 Å². The summed E-state index contributed by atoms with van der Waals surface area (Å²) in [4.78, 5) is 71.9. The van der Waals surface area contributed by atoms with Gasteiger partial charge in [0.25, 0.3) is 17.7 Å². The molecular weight excluding hydrogens is 961 g/mol. The lowest BCUT2D eigenvalue weighted by Gasteiger charge is -2.19. The Hall–Kier alpha value is -9.06. The molecule has 0 saturated carbocycles. The van der Waals surface area contributed by atoms with Crippen LogP contribution in [0.2, 0.25) is 0 Å². The molecule has 0 aromatic heterocycles. The normalized spacial score (nSPS) is 10.7. The molecule has 396 valence electrons. The maximum Gasteiger partial charge on any atom is 0.412 e. The van der Waals surface area contributed by atoms with E-state index in [4.69, 9.17) is 28.4 Å². The van der Waals surface area contributed by atoms with Crippen LogP contribution in [0, 0.1) is 0 Å². The summed E-state index contributed by atoms with van der Waals surface area (Å²) in [7, 11) is 4.64. The molecule has 0 aliphatic rings. The third-order valence-electron chi connectivity index (χ3n) is 9.40. The molecule has 6 rings (SSSR count). The van der Waals surface area contributed by atoms with Crippen LogP contribution < -0.4 is 46.1 Å². The molecule has 0 spiro atoms. The van der Waals surface area contributed by atoms with E-state index in [9.17, 15) is 28.8 Å². The third kappa shape index (κ3) is 21.7. The highest BCUT2D eigenvalue weighted by atomic mass is 16.6. The number of anilines is 6. The quantitative estimate of drug-likeness (QED) is 0.0629. The second-order valence-electron chi connectivity index (χ2n) is 19.1. The van der Waals surface area contributed by atoms with Crippen molar-refractivity contribution in [1.82, 2.24) is 0 Å². The van der Waals surface area contributed by atoms with Gasteiger partial charge in [-0.05, 0) is 190 Å². The van der Waals surface area contributed by atoms with Crippen LogP contribution in [-0.2, 0) is 14.2 Å². The minimum atomic E-state index is -0.563. The Morgan fingerprint density at radius 3 is 1.04 bits per heavy atom. The fourth-order valence-corrected chi connectivity index (χ4v) is 6.12. The van der Waals surface area contributed by atoms with Crippen LogP contribution in [0.25, 0.3) is 0 Å². The zero-order valence-corrected chi connectivity index (χ0v) is 44.3. The predicted molar refractivity (Wildman–Crippen MR) is 292 cm³/mol. The van der Waals surface area contributed by atoms with Crippen molar-refractivity contribution in [1.29, 1.82) is 0 Å². The molecule has 18 nitrogen and oxygen atoms in total. The number of para-hydroxylation sites is 1. The number of benzene rings is 6. The Balaban J connectivity index is 0.000000243. The summed E-state index contributed by atoms with van der Waals surface area (Å²) in [5.41, 5.74) is 3.35. The zero-order valence-electron chi connectivity index (χ0n) is 44.3. The summed E-state index contributed by atoms with van der Waals surface area (Å²) in [6, 6.07) is 41.0. The number of carbonyl (C=O) groups is 6. The summed E-state index contributed by atoms with van der Waals surface area (Å²) in [6.07, 6.45) is -1.58. The Labute approximate surface area is 437 Å². The van der Waals surface area contributed by atoms with Crippen LogP contribution in [0.4, 0.5) is 48.5 Å². The largest absolute Gasteiger partial charge is 0.497 e. The molecule has 6 aromatic carbocycles. The SMILES string of the molecule is COc1ccc(C(=O)Nc2ccc(NC(=O)OC(C)(C)C)cc2)cc1.COc1cccc(C(=O)Nc2ccc(NC(=O)OC(C)(C)C)cc2)c1.COc1ccccc1C(=O)Nc1ccc(NC(=O)OC(C)(C)C)cc1. The Kier molecular flexibility index (Phi) is 21.2. The van der Waals surface area contributed by atoms with E-state index in [1.807, 2.05) is 0 Å². The van der Waals surface area contributed by atoms with Crippen molar-refractivity contribution in [2.45, 2.75) is 79.1 Å². The number of rotatable bonds is 12. The van der Waals surface area contributed by atoms with Gasteiger partial charge in [-0.15, -0.1) is 0 Å². The molecule has 6 aromatic rings. The molecular formula is C57H66N6O12. The molecule has 0 aliphatic carbocycles. The topological polar surface area (TPSA) is 230 Å². The molecule has 0 heterocycles. The average molecular weight is 1030 g/mol. The highest BCUT2D eigenvalue weighted by Crippen LogP contribution is 2.23. The summed E-state index contributed by atoms with van der Waals surface area (Å²) < 4.78 is 30.9. The van der Waals surface area contributed by atoms with E-state index in [-0.39, 0.29) is 17.7 Å². The number of amides is 6. The zero-order chi connectivity index (χ0) is 55.3. The van der Waals surface area contributed by atoms with Crippen LogP contribution in [0.5, 0.6) is 17.2 Å². The van der Waals surface area contributed by atoms with Gasteiger partial charge in [0.05, 0.1) is 26.9 Å². The maximum atomic E-state index is 12.3. The van der Waals surface area contributed by atoms with Crippen molar-refractivity contribution in [3.8, 4) is 17.2 Å². The van der Waals surface area contributed by atoms with E-state index in [1.54, 1.807) is 222 Å². The van der Waals surface area contributed by atoms with Crippen molar-refractivity contribution in [2.24, 2.45) is 0 Å². The van der Waals surface area contributed by atoms with Crippen molar-refractivity contribution in [2.75, 3.05) is 53.2 Å². The maximum absolute atomic E-state index is 12.3. The molecule has 18 heteroatoms. The molecule has 0 radical (unpaired) electrons. The summed E-state index contributed by atoms with van der Waals surface area (Å²) in [5.74, 6) is 1.06. The summed E-state index contributed by atoms with van der Waals surface area (Å²) in [6.45, 7) is 16.2. The fourth-order valence-electron chi connectivity index (χ4n) is 6.12. The monoisotopic (exact) mass is 1030 g/mol. The lowest BCUT2D eigenvalue weighted by atomic mass is 10.2. The second-order valence-corrected chi connectivity index (χ2v) is 19.1. The van der Waals surface area contributed by atoms with Crippen LogP contribution in [0.1, 0.15) is 93.4 Å². The van der Waals surface area contributed by atoms with Gasteiger partial charge in [-0.25, -0.2) is 14.4 Å². The number of carbonyl (C=O) groups excluding carboxylic acids is 6. The fraction of sp³-hybridized carbons (Fsp3) is 0.263. The molecule has 0 aliphatic heterocycles.